The van der Waals surface area contributed by atoms with Crippen LogP contribution in [0.3, 0.4) is 0 Å². The van der Waals surface area contributed by atoms with E-state index in [-0.39, 0.29) is 35.8 Å². The number of alkyl halides is 3. The van der Waals surface area contributed by atoms with E-state index in [1.165, 1.54) is 29.2 Å². The van der Waals surface area contributed by atoms with Gasteiger partial charge in [0, 0.05) is 45.0 Å². The smallest absolute Gasteiger partial charge is 0.401 e. The monoisotopic (exact) mass is 553 g/mol. The summed E-state index contributed by atoms with van der Waals surface area (Å²) in [6.45, 7) is 0.252. The molecule has 0 radical (unpaired) electrons. The first-order valence-corrected chi connectivity index (χ1v) is 9.45. The van der Waals surface area contributed by atoms with Crippen LogP contribution in [0.4, 0.5) is 17.6 Å². The first-order chi connectivity index (χ1) is 14.3. The number of aromatic nitrogens is 1. The molecule has 0 amide bonds. The Morgan fingerprint density at radius 1 is 1.23 bits per heavy atom. The Balaban J connectivity index is 0.00000341. The van der Waals surface area contributed by atoms with Crippen molar-refractivity contribution < 1.29 is 22.3 Å². The molecule has 2 aromatic rings. The second-order valence-corrected chi connectivity index (χ2v) is 6.97. The molecule has 6 nitrogen and oxygen atoms in total. The summed E-state index contributed by atoms with van der Waals surface area (Å²) in [7, 11) is 1.61. The molecule has 1 saturated heterocycles. The van der Waals surface area contributed by atoms with Crippen molar-refractivity contribution in [2.45, 2.75) is 25.2 Å². The minimum Gasteiger partial charge on any atom is -0.439 e. The van der Waals surface area contributed by atoms with Gasteiger partial charge in [-0.3, -0.25) is 9.89 Å². The van der Waals surface area contributed by atoms with Gasteiger partial charge in [-0.1, -0.05) is 6.07 Å². The molecule has 11 heteroatoms. The van der Waals surface area contributed by atoms with Crippen LogP contribution in [0.25, 0.3) is 0 Å². The lowest BCUT2D eigenvalue weighted by molar-refractivity contribution is -0.143. The Morgan fingerprint density at radius 2 is 1.97 bits per heavy atom. The molecule has 1 fully saturated rings. The van der Waals surface area contributed by atoms with E-state index in [9.17, 15) is 17.6 Å². The maximum atomic E-state index is 12.9. The molecule has 1 aromatic carbocycles. The Kier molecular flexibility index (Phi) is 9.29. The van der Waals surface area contributed by atoms with Crippen molar-refractivity contribution in [2.75, 3.05) is 26.7 Å². The predicted molar refractivity (Wildman–Crippen MR) is 120 cm³/mol. The van der Waals surface area contributed by atoms with Crippen LogP contribution in [0.5, 0.6) is 11.6 Å². The van der Waals surface area contributed by atoms with Gasteiger partial charge in [-0.05, 0) is 36.2 Å². The molecule has 1 aliphatic heterocycles. The maximum absolute atomic E-state index is 12.9. The summed E-state index contributed by atoms with van der Waals surface area (Å²) in [6.07, 6.45) is -1.93. The summed E-state index contributed by atoms with van der Waals surface area (Å²) in [6, 6.07) is 9.07. The van der Waals surface area contributed by atoms with Gasteiger partial charge in [0.05, 0.1) is 6.54 Å². The SMILES string of the molecule is CN=C(NCc1ccc(Oc2ccc(F)cc2)nc1)NC1CCN(CC(F)(F)F)C1.I. The highest BCUT2D eigenvalue weighted by Gasteiger charge is 2.34. The van der Waals surface area contributed by atoms with Crippen molar-refractivity contribution in [2.24, 2.45) is 4.99 Å². The number of rotatable bonds is 6. The fourth-order valence-electron chi connectivity index (χ4n) is 3.12. The van der Waals surface area contributed by atoms with Crippen LogP contribution in [-0.2, 0) is 6.54 Å². The Bertz CT molecular complexity index is 846. The number of guanidine groups is 1. The quantitative estimate of drug-likeness (QED) is 0.246. The van der Waals surface area contributed by atoms with E-state index in [0.717, 1.165) is 5.56 Å². The zero-order valence-corrected chi connectivity index (χ0v) is 19.2. The number of halogens is 5. The van der Waals surface area contributed by atoms with Crippen molar-refractivity contribution in [3.05, 3.63) is 54.0 Å². The number of ether oxygens (including phenoxy) is 1. The topological polar surface area (TPSA) is 61.8 Å². The lowest BCUT2D eigenvalue weighted by atomic mass is 10.2. The molecule has 0 saturated carbocycles. The zero-order chi connectivity index (χ0) is 21.6. The van der Waals surface area contributed by atoms with Crippen LogP contribution in [0.1, 0.15) is 12.0 Å². The summed E-state index contributed by atoms with van der Waals surface area (Å²) in [5.41, 5.74) is 0.870. The highest BCUT2D eigenvalue weighted by molar-refractivity contribution is 14.0. The van der Waals surface area contributed by atoms with E-state index in [4.69, 9.17) is 4.74 Å². The van der Waals surface area contributed by atoms with Gasteiger partial charge in [-0.15, -0.1) is 24.0 Å². The lowest BCUT2D eigenvalue weighted by Crippen LogP contribution is -2.44. The van der Waals surface area contributed by atoms with E-state index < -0.39 is 12.7 Å². The second kappa shape index (κ2) is 11.5. The second-order valence-electron chi connectivity index (χ2n) is 6.97. The van der Waals surface area contributed by atoms with Crippen molar-refractivity contribution >= 4 is 29.9 Å². The molecule has 0 bridgehead atoms. The highest BCUT2D eigenvalue weighted by atomic mass is 127. The Hall–Kier alpha value is -2.15. The molecule has 1 unspecified atom stereocenters. The standard InChI is InChI=1S/C20H23F4N5O.HI/c1-25-19(28-16-8-9-29(12-16)13-20(22,23)24)27-11-14-2-7-18(26-10-14)30-17-5-3-15(21)4-6-17;/h2-7,10,16H,8-9,11-13H2,1H3,(H2,25,27,28);1H. The van der Waals surface area contributed by atoms with E-state index in [0.29, 0.717) is 43.6 Å². The summed E-state index contributed by atoms with van der Waals surface area (Å²) < 4.78 is 56.0. The number of nitrogens with zero attached hydrogens (tertiary/aromatic N) is 3. The molecular formula is C20H24F4IN5O. The minimum atomic E-state index is -4.19. The van der Waals surface area contributed by atoms with Crippen LogP contribution >= 0.6 is 24.0 Å². The van der Waals surface area contributed by atoms with Crippen LogP contribution in [-0.4, -0.2) is 54.7 Å². The largest absolute Gasteiger partial charge is 0.439 e. The molecule has 0 spiro atoms. The number of pyridine rings is 1. The van der Waals surface area contributed by atoms with Gasteiger partial charge in [0.15, 0.2) is 5.96 Å². The van der Waals surface area contributed by atoms with Gasteiger partial charge < -0.3 is 15.4 Å². The molecular weight excluding hydrogens is 529 g/mol. The minimum absolute atomic E-state index is 0. The Labute approximate surface area is 195 Å². The van der Waals surface area contributed by atoms with Crippen molar-refractivity contribution in [3.63, 3.8) is 0 Å². The number of nitrogens with one attached hydrogen (secondary N) is 2. The van der Waals surface area contributed by atoms with Gasteiger partial charge in [0.1, 0.15) is 11.6 Å². The van der Waals surface area contributed by atoms with E-state index in [1.807, 2.05) is 6.07 Å². The van der Waals surface area contributed by atoms with E-state index in [2.05, 4.69) is 20.6 Å². The van der Waals surface area contributed by atoms with E-state index in [1.54, 1.807) is 19.3 Å². The molecule has 31 heavy (non-hydrogen) atoms. The molecule has 170 valence electrons. The van der Waals surface area contributed by atoms with Crippen molar-refractivity contribution in [1.82, 2.24) is 20.5 Å². The number of hydrogen-bond donors (Lipinski definition) is 2. The Morgan fingerprint density at radius 3 is 2.58 bits per heavy atom. The third-order valence-corrected chi connectivity index (χ3v) is 4.53. The molecule has 0 aliphatic carbocycles. The average Bonchev–Trinajstić information content (AvgIpc) is 3.13. The van der Waals surface area contributed by atoms with Crippen LogP contribution in [0.15, 0.2) is 47.6 Å². The molecule has 1 aliphatic rings. The number of hydrogen-bond acceptors (Lipinski definition) is 4. The zero-order valence-electron chi connectivity index (χ0n) is 16.8. The molecule has 3 rings (SSSR count). The maximum Gasteiger partial charge on any atom is 0.401 e. The number of aliphatic imine (C=N–C) groups is 1. The molecule has 2 heterocycles. The first-order valence-electron chi connectivity index (χ1n) is 9.45. The summed E-state index contributed by atoms with van der Waals surface area (Å²) in [5, 5.41) is 6.28. The van der Waals surface area contributed by atoms with E-state index >= 15 is 0 Å². The van der Waals surface area contributed by atoms with Gasteiger partial charge in [-0.25, -0.2) is 9.37 Å². The van der Waals surface area contributed by atoms with Crippen LogP contribution < -0.4 is 15.4 Å². The first kappa shape index (κ1) is 25.1. The summed E-state index contributed by atoms with van der Waals surface area (Å²) >= 11 is 0. The molecule has 2 N–H and O–H groups in total. The predicted octanol–water partition coefficient (Wildman–Crippen LogP) is 3.93. The number of likely N-dealkylation sites (tertiary alicyclic amines) is 1. The van der Waals surface area contributed by atoms with Gasteiger partial charge in [-0.2, -0.15) is 13.2 Å². The van der Waals surface area contributed by atoms with Gasteiger partial charge in [0.25, 0.3) is 0 Å². The average molecular weight is 553 g/mol. The van der Waals surface area contributed by atoms with Crippen molar-refractivity contribution in [1.29, 1.82) is 0 Å². The third kappa shape index (κ3) is 8.48. The summed E-state index contributed by atoms with van der Waals surface area (Å²) in [4.78, 5) is 9.73. The number of benzene rings is 1. The van der Waals surface area contributed by atoms with Gasteiger partial charge >= 0.3 is 6.18 Å². The summed E-state index contributed by atoms with van der Waals surface area (Å²) in [5.74, 6) is 1.03. The van der Waals surface area contributed by atoms with Crippen LogP contribution in [0.2, 0.25) is 0 Å². The highest BCUT2D eigenvalue weighted by Crippen LogP contribution is 2.21. The van der Waals surface area contributed by atoms with Crippen LogP contribution in [0, 0.1) is 5.82 Å². The van der Waals surface area contributed by atoms with Gasteiger partial charge in [0.2, 0.25) is 5.88 Å². The molecule has 1 aromatic heterocycles. The molecule has 1 atom stereocenters. The lowest BCUT2D eigenvalue weighted by Gasteiger charge is -2.19. The fraction of sp³-hybridized carbons (Fsp3) is 0.400. The fourth-order valence-corrected chi connectivity index (χ4v) is 3.12. The van der Waals surface area contributed by atoms with Crippen molar-refractivity contribution in [3.8, 4) is 11.6 Å². The third-order valence-electron chi connectivity index (χ3n) is 4.53. The normalized spacial score (nSPS) is 17.2.